The van der Waals surface area contributed by atoms with Gasteiger partial charge in [0.15, 0.2) is 0 Å². The molecule has 7 rings (SSSR count). The van der Waals surface area contributed by atoms with Crippen molar-refractivity contribution in [2.45, 2.75) is 45.2 Å². The summed E-state index contributed by atoms with van der Waals surface area (Å²) in [6.07, 6.45) is 3.46. The van der Waals surface area contributed by atoms with E-state index in [1.807, 2.05) is 47.2 Å². The van der Waals surface area contributed by atoms with Crippen LogP contribution in [0, 0.1) is 6.92 Å². The van der Waals surface area contributed by atoms with Crippen molar-refractivity contribution in [1.29, 1.82) is 0 Å². The topological polar surface area (TPSA) is 112 Å². The van der Waals surface area contributed by atoms with Crippen molar-refractivity contribution in [3.63, 3.8) is 0 Å². The van der Waals surface area contributed by atoms with E-state index in [9.17, 15) is 19.2 Å². The Morgan fingerprint density at radius 2 is 1.50 bits per heavy atom. The lowest BCUT2D eigenvalue weighted by Gasteiger charge is -2.43. The SMILES string of the molecule is Cc1cc(N2C(=O)c3ccccc3C2=O)ccc1C(=O)N1CCN(C(C)(C)c2cn(C3CCCN(c4ccc(Br)cc4)C3=O)nn2)CC1. The highest BCUT2D eigenvalue weighted by Crippen LogP contribution is 2.33. The molecule has 4 heterocycles. The van der Waals surface area contributed by atoms with Gasteiger partial charge in [-0.05, 0) is 93.8 Å². The van der Waals surface area contributed by atoms with Crippen LogP contribution in [0.4, 0.5) is 11.4 Å². The monoisotopic (exact) mass is 709 g/mol. The minimum atomic E-state index is -0.472. The maximum absolute atomic E-state index is 13.6. The molecule has 12 heteroatoms. The number of hydrogen-bond donors (Lipinski definition) is 0. The van der Waals surface area contributed by atoms with Gasteiger partial charge in [0, 0.05) is 48.4 Å². The summed E-state index contributed by atoms with van der Waals surface area (Å²) in [7, 11) is 0. The molecule has 0 aliphatic carbocycles. The number of piperazine rings is 1. The van der Waals surface area contributed by atoms with Crippen LogP contribution in [0.1, 0.15) is 75.1 Å². The lowest BCUT2D eigenvalue weighted by Crippen LogP contribution is -2.54. The van der Waals surface area contributed by atoms with Crippen molar-refractivity contribution in [2.24, 2.45) is 0 Å². The Bertz CT molecular complexity index is 1900. The molecule has 0 N–H and O–H groups in total. The summed E-state index contributed by atoms with van der Waals surface area (Å²) < 4.78 is 2.67. The molecular weight excluding hydrogens is 674 g/mol. The first-order chi connectivity index (χ1) is 23.0. The lowest BCUT2D eigenvalue weighted by atomic mass is 9.97. The molecule has 4 aromatic rings. The summed E-state index contributed by atoms with van der Waals surface area (Å²) in [6.45, 7) is 9.01. The van der Waals surface area contributed by atoms with Crippen molar-refractivity contribution in [3.05, 3.63) is 105 Å². The number of halogens is 1. The second kappa shape index (κ2) is 12.4. The number of imide groups is 1. The predicted molar refractivity (Wildman–Crippen MR) is 184 cm³/mol. The largest absolute Gasteiger partial charge is 0.336 e. The number of hydrogen-bond acceptors (Lipinski definition) is 7. The van der Waals surface area contributed by atoms with Crippen LogP contribution in [0.3, 0.4) is 0 Å². The van der Waals surface area contributed by atoms with Crippen LogP contribution < -0.4 is 9.80 Å². The second-order valence-electron chi connectivity index (χ2n) is 13.0. The van der Waals surface area contributed by atoms with Gasteiger partial charge in [0.1, 0.15) is 11.7 Å². The van der Waals surface area contributed by atoms with E-state index < -0.39 is 11.6 Å². The standard InChI is InChI=1S/C36H36BrN7O4/c1-23-21-26(44-33(46)28-7-4-5-8-29(28)34(44)47)14-15-27(23)32(45)40-17-19-41(20-18-40)36(2,3)31-22-43(39-38-31)30-9-6-16-42(35(30)48)25-12-10-24(37)11-13-25/h4-5,7-8,10-15,21-22,30H,6,9,16-20H2,1-3H3. The van der Waals surface area contributed by atoms with E-state index in [2.05, 4.69) is 45.0 Å². The normalized spacial score (nSPS) is 18.9. The van der Waals surface area contributed by atoms with Crippen LogP contribution in [0.5, 0.6) is 0 Å². The van der Waals surface area contributed by atoms with Gasteiger partial charge in [0.25, 0.3) is 23.6 Å². The van der Waals surface area contributed by atoms with E-state index in [4.69, 9.17) is 0 Å². The molecule has 0 spiro atoms. The van der Waals surface area contributed by atoms with Crippen molar-refractivity contribution in [3.8, 4) is 0 Å². The maximum atomic E-state index is 13.6. The molecule has 246 valence electrons. The van der Waals surface area contributed by atoms with Gasteiger partial charge in [0.2, 0.25) is 0 Å². The van der Waals surface area contributed by atoms with Crippen LogP contribution in [-0.4, -0.2) is 81.1 Å². The number of nitrogens with zero attached hydrogens (tertiary/aromatic N) is 7. The first kappa shape index (κ1) is 31.9. The molecule has 0 bridgehead atoms. The summed E-state index contributed by atoms with van der Waals surface area (Å²) in [6, 6.07) is 19.2. The van der Waals surface area contributed by atoms with E-state index in [0.717, 1.165) is 22.3 Å². The fourth-order valence-corrected chi connectivity index (χ4v) is 7.20. The third kappa shape index (κ3) is 5.52. The Hall–Kier alpha value is -4.68. The van der Waals surface area contributed by atoms with Gasteiger partial charge in [-0.3, -0.25) is 24.1 Å². The Balaban J connectivity index is 0.997. The fourth-order valence-electron chi connectivity index (χ4n) is 6.94. The van der Waals surface area contributed by atoms with Gasteiger partial charge in [-0.25, -0.2) is 9.58 Å². The average Bonchev–Trinajstić information content (AvgIpc) is 3.69. The average molecular weight is 711 g/mol. The maximum Gasteiger partial charge on any atom is 0.266 e. The fraction of sp³-hybridized carbons (Fsp3) is 0.333. The number of aryl methyl sites for hydroxylation is 1. The van der Waals surface area contributed by atoms with Crippen molar-refractivity contribution in [2.75, 3.05) is 42.5 Å². The molecule has 2 saturated heterocycles. The number of piperidine rings is 1. The highest BCUT2D eigenvalue weighted by molar-refractivity contribution is 9.10. The molecule has 4 amide bonds. The van der Waals surface area contributed by atoms with Crippen molar-refractivity contribution >= 4 is 50.9 Å². The molecule has 3 aliphatic heterocycles. The van der Waals surface area contributed by atoms with E-state index in [-0.39, 0.29) is 23.6 Å². The molecule has 1 aromatic heterocycles. The number of benzene rings is 3. The van der Waals surface area contributed by atoms with Crippen LogP contribution >= 0.6 is 15.9 Å². The minimum Gasteiger partial charge on any atom is -0.336 e. The smallest absolute Gasteiger partial charge is 0.266 e. The summed E-state index contributed by atoms with van der Waals surface area (Å²) >= 11 is 3.46. The highest BCUT2D eigenvalue weighted by atomic mass is 79.9. The lowest BCUT2D eigenvalue weighted by molar-refractivity contribution is -0.123. The number of rotatable bonds is 6. The summed E-state index contributed by atoms with van der Waals surface area (Å²) in [5.74, 6) is -0.797. The van der Waals surface area contributed by atoms with E-state index in [0.29, 0.717) is 67.1 Å². The van der Waals surface area contributed by atoms with Crippen LogP contribution in [0.15, 0.2) is 77.4 Å². The van der Waals surface area contributed by atoms with E-state index >= 15 is 0 Å². The summed E-state index contributed by atoms with van der Waals surface area (Å²) in [5.41, 5.74) is 3.63. The van der Waals surface area contributed by atoms with Crippen molar-refractivity contribution in [1.82, 2.24) is 24.8 Å². The molecule has 2 fully saturated rings. The Labute approximate surface area is 287 Å². The second-order valence-corrected chi connectivity index (χ2v) is 14.0. The van der Waals surface area contributed by atoms with E-state index in [1.54, 1.807) is 47.1 Å². The van der Waals surface area contributed by atoms with Gasteiger partial charge < -0.3 is 9.80 Å². The van der Waals surface area contributed by atoms with Crippen molar-refractivity contribution < 1.29 is 19.2 Å². The van der Waals surface area contributed by atoms with Crippen LogP contribution in [-0.2, 0) is 10.3 Å². The van der Waals surface area contributed by atoms with Crippen LogP contribution in [0.25, 0.3) is 0 Å². The number of amides is 4. The number of carbonyl (C=O) groups excluding carboxylic acids is 4. The molecule has 11 nitrogen and oxygen atoms in total. The third-order valence-corrected chi connectivity index (χ3v) is 10.4. The van der Waals surface area contributed by atoms with Crippen LogP contribution in [0.2, 0.25) is 0 Å². The highest BCUT2D eigenvalue weighted by Gasteiger charge is 2.39. The Morgan fingerprint density at radius 1 is 0.854 bits per heavy atom. The predicted octanol–water partition coefficient (Wildman–Crippen LogP) is 5.21. The zero-order chi connectivity index (χ0) is 33.7. The van der Waals surface area contributed by atoms with Gasteiger partial charge in [-0.1, -0.05) is 33.3 Å². The summed E-state index contributed by atoms with van der Waals surface area (Å²) in [5, 5.41) is 8.94. The molecule has 48 heavy (non-hydrogen) atoms. The quantitative estimate of drug-likeness (QED) is 0.253. The molecule has 0 radical (unpaired) electrons. The van der Waals surface area contributed by atoms with Gasteiger partial charge in [0.05, 0.1) is 28.6 Å². The minimum absolute atomic E-state index is 0.0111. The first-order valence-electron chi connectivity index (χ1n) is 16.2. The molecule has 0 saturated carbocycles. The van der Waals surface area contributed by atoms with Gasteiger partial charge in [-0.2, -0.15) is 0 Å². The number of carbonyl (C=O) groups is 4. The zero-order valence-corrected chi connectivity index (χ0v) is 28.7. The van der Waals surface area contributed by atoms with Gasteiger partial charge in [-0.15, -0.1) is 5.10 Å². The molecule has 1 unspecified atom stereocenters. The summed E-state index contributed by atoms with van der Waals surface area (Å²) in [4.78, 5) is 60.2. The molecule has 1 atom stereocenters. The Morgan fingerprint density at radius 3 is 2.15 bits per heavy atom. The molecule has 3 aliphatic rings. The number of anilines is 2. The molecular formula is C36H36BrN7O4. The zero-order valence-electron chi connectivity index (χ0n) is 27.1. The first-order valence-corrected chi connectivity index (χ1v) is 17.0. The molecule has 3 aromatic carbocycles. The number of aromatic nitrogens is 3. The number of fused-ring (bicyclic) bond motifs is 1. The van der Waals surface area contributed by atoms with Gasteiger partial charge >= 0.3 is 0 Å². The van der Waals surface area contributed by atoms with E-state index in [1.165, 1.54) is 4.90 Å². The third-order valence-electron chi connectivity index (χ3n) is 9.86. The Kier molecular flexibility index (Phi) is 8.24.